The lowest BCUT2D eigenvalue weighted by molar-refractivity contribution is 0.181. The Morgan fingerprint density at radius 3 is 2.58 bits per heavy atom. The van der Waals surface area contributed by atoms with Crippen LogP contribution in [0.4, 0.5) is 10.5 Å². The fraction of sp³-hybridized carbons (Fsp3) is 0.316. The van der Waals surface area contributed by atoms with Gasteiger partial charge in [-0.05, 0) is 42.3 Å². The number of rotatable bonds is 7. The highest BCUT2D eigenvalue weighted by Gasteiger charge is 2.23. The van der Waals surface area contributed by atoms with Crippen molar-refractivity contribution in [2.75, 3.05) is 24.7 Å². The summed E-state index contributed by atoms with van der Waals surface area (Å²) in [5, 5.41) is 3.43. The first-order valence-corrected chi connectivity index (χ1v) is 8.22. The lowest BCUT2D eigenvalue weighted by atomic mass is 10.1. The quantitative estimate of drug-likeness (QED) is 0.848. The maximum Gasteiger partial charge on any atom is 0.414 e. The number of nitrogens with one attached hydrogen (secondary N) is 1. The average molecular weight is 326 g/mol. The number of hydrogen-bond acceptors (Lipinski definition) is 4. The van der Waals surface area contributed by atoms with Gasteiger partial charge in [0.05, 0.1) is 13.2 Å². The summed E-state index contributed by atoms with van der Waals surface area (Å²) in [7, 11) is 0. The molecular weight excluding hydrogens is 304 g/mol. The second kappa shape index (κ2) is 7.84. The second-order valence-electron chi connectivity index (χ2n) is 5.62. The van der Waals surface area contributed by atoms with Crippen molar-refractivity contribution in [3.8, 4) is 5.75 Å². The molecule has 0 aliphatic carbocycles. The van der Waals surface area contributed by atoms with Crippen LogP contribution in [-0.2, 0) is 17.8 Å². The topological polar surface area (TPSA) is 50.8 Å². The Hall–Kier alpha value is -2.53. The molecule has 126 valence electrons. The fourth-order valence-electron chi connectivity index (χ4n) is 2.73. The first-order chi connectivity index (χ1) is 11.8. The molecule has 3 rings (SSSR count). The van der Waals surface area contributed by atoms with Gasteiger partial charge in [-0.3, -0.25) is 4.90 Å². The largest absolute Gasteiger partial charge is 0.494 e. The van der Waals surface area contributed by atoms with Crippen LogP contribution in [0.2, 0.25) is 0 Å². The molecule has 5 nitrogen and oxygen atoms in total. The van der Waals surface area contributed by atoms with Gasteiger partial charge in [-0.2, -0.15) is 0 Å². The summed E-state index contributed by atoms with van der Waals surface area (Å²) in [6.45, 7) is 5.21. The van der Waals surface area contributed by atoms with Crippen molar-refractivity contribution in [3.63, 3.8) is 0 Å². The van der Waals surface area contributed by atoms with Gasteiger partial charge in [-0.25, -0.2) is 4.79 Å². The van der Waals surface area contributed by atoms with Crippen LogP contribution in [0.3, 0.4) is 0 Å². The maximum absolute atomic E-state index is 11.6. The minimum Gasteiger partial charge on any atom is -0.494 e. The summed E-state index contributed by atoms with van der Waals surface area (Å²) >= 11 is 0. The number of hydrogen-bond donors (Lipinski definition) is 1. The third-order valence-corrected chi connectivity index (χ3v) is 3.85. The molecule has 1 aliphatic rings. The fourth-order valence-corrected chi connectivity index (χ4v) is 2.73. The van der Waals surface area contributed by atoms with Crippen molar-refractivity contribution in [2.45, 2.75) is 20.0 Å². The van der Waals surface area contributed by atoms with Gasteiger partial charge in [0.2, 0.25) is 0 Å². The molecule has 0 bridgehead atoms. The van der Waals surface area contributed by atoms with Crippen LogP contribution in [0.5, 0.6) is 5.75 Å². The minimum atomic E-state index is -0.271. The molecule has 1 fully saturated rings. The Kier molecular flexibility index (Phi) is 5.33. The molecule has 1 saturated heterocycles. The van der Waals surface area contributed by atoms with Crippen LogP contribution < -0.4 is 15.0 Å². The van der Waals surface area contributed by atoms with Gasteiger partial charge < -0.3 is 14.8 Å². The predicted molar refractivity (Wildman–Crippen MR) is 93.3 cm³/mol. The molecule has 1 aliphatic heterocycles. The van der Waals surface area contributed by atoms with E-state index in [1.165, 1.54) is 5.56 Å². The van der Waals surface area contributed by atoms with Crippen LogP contribution in [0.1, 0.15) is 18.1 Å². The highest BCUT2D eigenvalue weighted by atomic mass is 16.6. The summed E-state index contributed by atoms with van der Waals surface area (Å²) in [5.74, 6) is 0.895. The monoisotopic (exact) mass is 326 g/mol. The van der Waals surface area contributed by atoms with Gasteiger partial charge in [0.15, 0.2) is 0 Å². The van der Waals surface area contributed by atoms with Crippen molar-refractivity contribution in [1.82, 2.24) is 5.32 Å². The van der Waals surface area contributed by atoms with E-state index in [0.717, 1.165) is 30.1 Å². The smallest absolute Gasteiger partial charge is 0.414 e. The van der Waals surface area contributed by atoms with Gasteiger partial charge in [-0.1, -0.05) is 24.3 Å². The summed E-state index contributed by atoms with van der Waals surface area (Å²) in [6.07, 6.45) is -0.271. The van der Waals surface area contributed by atoms with E-state index >= 15 is 0 Å². The van der Waals surface area contributed by atoms with Gasteiger partial charge >= 0.3 is 6.09 Å². The molecule has 1 amide bonds. The van der Waals surface area contributed by atoms with Crippen molar-refractivity contribution in [2.24, 2.45) is 0 Å². The Morgan fingerprint density at radius 2 is 1.88 bits per heavy atom. The number of ether oxygens (including phenoxy) is 2. The highest BCUT2D eigenvalue weighted by molar-refractivity contribution is 5.89. The molecule has 0 spiro atoms. The second-order valence-corrected chi connectivity index (χ2v) is 5.62. The van der Waals surface area contributed by atoms with Crippen LogP contribution in [0.15, 0.2) is 48.5 Å². The normalized spacial score (nSPS) is 13.9. The molecule has 5 heteroatoms. The molecule has 2 aromatic carbocycles. The van der Waals surface area contributed by atoms with Crippen LogP contribution in [-0.4, -0.2) is 25.9 Å². The summed E-state index contributed by atoms with van der Waals surface area (Å²) in [6, 6.07) is 16.1. The molecule has 0 saturated carbocycles. The highest BCUT2D eigenvalue weighted by Crippen LogP contribution is 2.20. The molecular formula is C19H22N2O3. The average Bonchev–Trinajstić information content (AvgIpc) is 3.02. The summed E-state index contributed by atoms with van der Waals surface area (Å²) < 4.78 is 10.5. The third-order valence-electron chi connectivity index (χ3n) is 3.85. The van der Waals surface area contributed by atoms with E-state index in [9.17, 15) is 4.79 Å². The number of carbonyl (C=O) groups excluding carboxylic acids is 1. The maximum atomic E-state index is 11.6. The van der Waals surface area contributed by atoms with E-state index in [1.807, 2.05) is 43.3 Å². The molecule has 1 heterocycles. The number of nitrogens with zero attached hydrogens (tertiary/aromatic N) is 1. The number of benzene rings is 2. The molecule has 24 heavy (non-hydrogen) atoms. The zero-order valence-electron chi connectivity index (χ0n) is 13.8. The number of carbonyl (C=O) groups is 1. The summed E-state index contributed by atoms with van der Waals surface area (Å²) in [4.78, 5) is 13.3. The SMILES string of the molecule is CCOc1cccc(CNCc2cccc(N3CCOC3=O)c2)c1. The van der Waals surface area contributed by atoms with Crippen molar-refractivity contribution >= 4 is 11.8 Å². The van der Waals surface area contributed by atoms with E-state index in [4.69, 9.17) is 9.47 Å². The Balaban J connectivity index is 1.57. The van der Waals surface area contributed by atoms with Crippen LogP contribution in [0.25, 0.3) is 0 Å². The first-order valence-electron chi connectivity index (χ1n) is 8.22. The molecule has 0 unspecified atom stereocenters. The van der Waals surface area contributed by atoms with Crippen LogP contribution in [0, 0.1) is 0 Å². The predicted octanol–water partition coefficient (Wildman–Crippen LogP) is 3.33. The van der Waals surface area contributed by atoms with Crippen molar-refractivity contribution < 1.29 is 14.3 Å². The Morgan fingerprint density at radius 1 is 1.12 bits per heavy atom. The van der Waals surface area contributed by atoms with Gasteiger partial charge in [0.25, 0.3) is 0 Å². The first kappa shape index (κ1) is 16.3. The molecule has 0 aromatic heterocycles. The molecule has 2 aromatic rings. The van der Waals surface area contributed by atoms with E-state index in [2.05, 4.69) is 17.4 Å². The molecule has 1 N–H and O–H groups in total. The molecule has 0 radical (unpaired) electrons. The number of amides is 1. The van der Waals surface area contributed by atoms with Gasteiger partial charge in [0, 0.05) is 18.8 Å². The minimum absolute atomic E-state index is 0.271. The van der Waals surface area contributed by atoms with Gasteiger partial charge in [-0.15, -0.1) is 0 Å². The number of cyclic esters (lactones) is 1. The van der Waals surface area contributed by atoms with Crippen LogP contribution >= 0.6 is 0 Å². The summed E-state index contributed by atoms with van der Waals surface area (Å²) in [5.41, 5.74) is 3.20. The lowest BCUT2D eigenvalue weighted by Crippen LogP contribution is -2.23. The zero-order valence-corrected chi connectivity index (χ0v) is 13.8. The van der Waals surface area contributed by atoms with E-state index in [0.29, 0.717) is 19.8 Å². The Labute approximate surface area is 142 Å². The lowest BCUT2D eigenvalue weighted by Gasteiger charge is -2.14. The van der Waals surface area contributed by atoms with Crippen molar-refractivity contribution in [1.29, 1.82) is 0 Å². The van der Waals surface area contributed by atoms with E-state index in [-0.39, 0.29) is 6.09 Å². The van der Waals surface area contributed by atoms with Crippen molar-refractivity contribution in [3.05, 3.63) is 59.7 Å². The zero-order chi connectivity index (χ0) is 16.8. The Bertz CT molecular complexity index is 703. The third kappa shape index (κ3) is 4.06. The van der Waals surface area contributed by atoms with E-state index in [1.54, 1.807) is 4.90 Å². The molecule has 0 atom stereocenters. The number of anilines is 1. The van der Waals surface area contributed by atoms with E-state index < -0.39 is 0 Å². The standard InChI is InChI=1S/C19H22N2O3/c1-2-23-18-8-4-6-16(12-18)14-20-13-15-5-3-7-17(11-15)21-9-10-24-19(21)22/h3-8,11-12,20H,2,9-10,13-14H2,1H3. The van der Waals surface area contributed by atoms with Gasteiger partial charge in [0.1, 0.15) is 12.4 Å².